The summed E-state index contributed by atoms with van der Waals surface area (Å²) in [5.41, 5.74) is -1.17. The van der Waals surface area contributed by atoms with Crippen molar-refractivity contribution in [2.24, 2.45) is 0 Å². The molecule has 1 aromatic carbocycles. The van der Waals surface area contributed by atoms with Crippen LogP contribution in [0.1, 0.15) is 31.8 Å². The van der Waals surface area contributed by atoms with Crippen LogP contribution in [0.3, 0.4) is 0 Å². The van der Waals surface area contributed by atoms with Crippen molar-refractivity contribution in [3.8, 4) is 0 Å². The van der Waals surface area contributed by atoms with Gasteiger partial charge in [-0.25, -0.2) is 9.18 Å². The van der Waals surface area contributed by atoms with Crippen LogP contribution in [0.2, 0.25) is 0 Å². The molecule has 1 aromatic heterocycles. The predicted octanol–water partition coefficient (Wildman–Crippen LogP) is 3.99. The Morgan fingerprint density at radius 3 is 2.52 bits per heavy atom. The molecule has 1 aliphatic rings. The van der Waals surface area contributed by atoms with Gasteiger partial charge in [0.2, 0.25) is 0 Å². The van der Waals surface area contributed by atoms with Gasteiger partial charge in [0.15, 0.2) is 5.82 Å². The lowest BCUT2D eigenvalue weighted by Crippen LogP contribution is -2.32. The second kappa shape index (κ2) is 10.6. The maximum atomic E-state index is 12.9. The van der Waals surface area contributed by atoms with E-state index in [4.69, 9.17) is 0 Å². The molecule has 0 aliphatic carbocycles. The Labute approximate surface area is 167 Å². The van der Waals surface area contributed by atoms with E-state index in [-0.39, 0.29) is 13.5 Å². The lowest BCUT2D eigenvalue weighted by Gasteiger charge is -2.26. The molecule has 2 N–H and O–H groups in total. The molecule has 1 saturated heterocycles. The quantitative estimate of drug-likeness (QED) is 0.744. The van der Waals surface area contributed by atoms with E-state index in [0.717, 1.165) is 25.0 Å². The number of hydrogen-bond acceptors (Lipinski definition) is 4. The number of nitrogens with zero attached hydrogens (tertiary/aromatic N) is 3. The molecule has 0 saturated carbocycles. The normalized spacial score (nSPS) is 13.9. The first-order chi connectivity index (χ1) is 13.8. The molecule has 10 heteroatoms. The van der Waals surface area contributed by atoms with Crippen molar-refractivity contribution < 1.29 is 23.8 Å². The zero-order valence-electron chi connectivity index (χ0n) is 16.0. The minimum Gasteiger partial charge on any atom is -0.355 e. The summed E-state index contributed by atoms with van der Waals surface area (Å²) in [6, 6.07) is 6.02. The lowest BCUT2D eigenvalue weighted by atomic mass is 10.1. The highest BCUT2D eigenvalue weighted by atomic mass is 19.4. The number of benzene rings is 1. The lowest BCUT2D eigenvalue weighted by molar-refractivity contribution is -0.140. The summed E-state index contributed by atoms with van der Waals surface area (Å²) in [4.78, 5) is 13.1. The van der Waals surface area contributed by atoms with Gasteiger partial charge in [-0.05, 0) is 49.1 Å². The molecule has 0 atom stereocenters. The van der Waals surface area contributed by atoms with E-state index >= 15 is 0 Å². The van der Waals surface area contributed by atoms with Crippen LogP contribution in [0.5, 0.6) is 0 Å². The van der Waals surface area contributed by atoms with Gasteiger partial charge in [-0.1, -0.05) is 6.07 Å². The molecule has 0 bridgehead atoms. The van der Waals surface area contributed by atoms with Crippen LogP contribution in [0.4, 0.5) is 28.2 Å². The zero-order chi connectivity index (χ0) is 21.3. The van der Waals surface area contributed by atoms with Gasteiger partial charge in [-0.3, -0.25) is 0 Å². The summed E-state index contributed by atoms with van der Waals surface area (Å²) in [6.45, 7) is 2.17. The smallest absolute Gasteiger partial charge is 0.355 e. The maximum absolute atomic E-state index is 12.9. The van der Waals surface area contributed by atoms with Gasteiger partial charge in [0.25, 0.3) is 0 Å². The number of piperidine rings is 1. The summed E-state index contributed by atoms with van der Waals surface area (Å²) in [5, 5.41) is 12.5. The molecule has 1 aliphatic heterocycles. The molecule has 0 radical (unpaired) electrons. The highest BCUT2D eigenvalue weighted by Gasteiger charge is 2.34. The van der Waals surface area contributed by atoms with Crippen LogP contribution in [0, 0.1) is 5.82 Å². The minimum absolute atomic E-state index is 0. The van der Waals surface area contributed by atoms with Gasteiger partial charge in [-0.15, -0.1) is 5.10 Å². The summed E-state index contributed by atoms with van der Waals surface area (Å²) >= 11 is 0. The zero-order valence-corrected chi connectivity index (χ0v) is 16.0. The number of halogens is 4. The van der Waals surface area contributed by atoms with E-state index in [1.165, 1.54) is 32.4 Å². The molecule has 2 amide bonds. The second-order valence-corrected chi connectivity index (χ2v) is 6.37. The second-order valence-electron chi connectivity index (χ2n) is 6.37. The monoisotopic (exact) mass is 415 g/mol. The fourth-order valence-electron chi connectivity index (χ4n) is 2.76. The van der Waals surface area contributed by atoms with Crippen LogP contribution < -0.4 is 15.5 Å². The van der Waals surface area contributed by atoms with E-state index < -0.39 is 23.6 Å². The number of urea groups is 1. The number of alkyl halides is 3. The van der Waals surface area contributed by atoms with Gasteiger partial charge in [0, 0.05) is 34.3 Å². The molecule has 0 spiro atoms. The third-order valence-corrected chi connectivity index (χ3v) is 4.25. The number of amides is 2. The van der Waals surface area contributed by atoms with Crippen LogP contribution in [0.15, 0.2) is 36.5 Å². The van der Waals surface area contributed by atoms with Crippen LogP contribution in [-0.2, 0) is 12.7 Å². The van der Waals surface area contributed by atoms with Crippen molar-refractivity contribution in [3.05, 3.63) is 53.5 Å². The molecule has 6 nitrogen and oxygen atoms in total. The van der Waals surface area contributed by atoms with Crippen molar-refractivity contribution >= 4 is 11.8 Å². The molecule has 2 aromatic rings. The first-order valence-corrected chi connectivity index (χ1v) is 9.15. The molecule has 2 heterocycles. The number of rotatable bonds is 3. The topological polar surface area (TPSA) is 70.1 Å². The van der Waals surface area contributed by atoms with Gasteiger partial charge in [0.05, 0.1) is 5.56 Å². The Bertz CT molecular complexity index is 786. The Morgan fingerprint density at radius 2 is 1.93 bits per heavy atom. The SMILES string of the molecule is CNC(=O)NCc1ccc(F)c(C(F)(F)F)c1.[HH].c1cnnc(N2CCCCC2)c1. The average Bonchev–Trinajstić information content (AvgIpc) is 2.74. The van der Waals surface area contributed by atoms with Crippen LogP contribution in [-0.4, -0.2) is 36.4 Å². The third kappa shape index (κ3) is 7.20. The van der Waals surface area contributed by atoms with Crippen molar-refractivity contribution in [2.45, 2.75) is 32.0 Å². The number of aromatic nitrogens is 2. The predicted molar refractivity (Wildman–Crippen MR) is 103 cm³/mol. The third-order valence-electron chi connectivity index (χ3n) is 4.25. The first kappa shape index (κ1) is 22.4. The Balaban J connectivity index is 0.000000304. The van der Waals surface area contributed by atoms with Crippen molar-refractivity contribution in [3.63, 3.8) is 0 Å². The number of anilines is 1. The van der Waals surface area contributed by atoms with Gasteiger partial charge in [-0.2, -0.15) is 18.3 Å². The highest BCUT2D eigenvalue weighted by Crippen LogP contribution is 2.31. The van der Waals surface area contributed by atoms with E-state index in [0.29, 0.717) is 6.07 Å². The molecule has 1 fully saturated rings. The number of carbonyl (C=O) groups excluding carboxylic acids is 1. The largest absolute Gasteiger partial charge is 0.419 e. The van der Waals surface area contributed by atoms with Crippen molar-refractivity contribution in [1.29, 1.82) is 0 Å². The van der Waals surface area contributed by atoms with E-state index in [1.54, 1.807) is 6.20 Å². The van der Waals surface area contributed by atoms with Gasteiger partial charge < -0.3 is 15.5 Å². The minimum atomic E-state index is -4.74. The summed E-state index contributed by atoms with van der Waals surface area (Å²) < 4.78 is 50.0. The molecule has 0 unspecified atom stereocenters. The van der Waals surface area contributed by atoms with E-state index in [1.807, 2.05) is 12.1 Å². The van der Waals surface area contributed by atoms with Crippen LogP contribution in [0.25, 0.3) is 0 Å². The van der Waals surface area contributed by atoms with Crippen molar-refractivity contribution in [1.82, 2.24) is 20.8 Å². The highest BCUT2D eigenvalue weighted by molar-refractivity contribution is 5.73. The van der Waals surface area contributed by atoms with E-state index in [2.05, 4.69) is 25.7 Å². The molecule has 160 valence electrons. The molecular formula is C19H25F4N5O. The summed E-state index contributed by atoms with van der Waals surface area (Å²) in [5.74, 6) is -0.307. The number of nitrogens with one attached hydrogen (secondary N) is 2. The Morgan fingerprint density at radius 1 is 1.21 bits per heavy atom. The Hall–Kier alpha value is -2.91. The molecule has 3 rings (SSSR count). The fourth-order valence-corrected chi connectivity index (χ4v) is 2.76. The first-order valence-electron chi connectivity index (χ1n) is 9.15. The fraction of sp³-hybridized carbons (Fsp3) is 0.421. The van der Waals surface area contributed by atoms with Gasteiger partial charge >= 0.3 is 12.2 Å². The number of carbonyl (C=O) groups is 1. The average molecular weight is 415 g/mol. The summed E-state index contributed by atoms with van der Waals surface area (Å²) in [6.07, 6.45) is 0.907. The van der Waals surface area contributed by atoms with Crippen molar-refractivity contribution in [2.75, 3.05) is 25.0 Å². The maximum Gasteiger partial charge on any atom is 0.419 e. The molecular weight excluding hydrogens is 390 g/mol. The van der Waals surface area contributed by atoms with Gasteiger partial charge in [0.1, 0.15) is 5.82 Å². The summed E-state index contributed by atoms with van der Waals surface area (Å²) in [7, 11) is 1.38. The van der Waals surface area contributed by atoms with Crippen LogP contribution >= 0.6 is 0 Å². The van der Waals surface area contributed by atoms with E-state index in [9.17, 15) is 22.4 Å². The number of hydrogen-bond donors (Lipinski definition) is 2. The standard InChI is InChI=1S/C10H10F4N2O.C9H13N3.H2/c1-15-9(17)16-5-6-2-3-8(11)7(4-6)10(12,13)14;1-2-7-12(8-3-1)9-5-4-6-10-11-9;/h2-4H,5H2,1H3,(H2,15,16,17);4-6H,1-3,7-8H2;1H. The Kier molecular flexibility index (Phi) is 8.17. The molecule has 29 heavy (non-hydrogen) atoms.